The molecule has 0 N–H and O–H groups in total. The summed E-state index contributed by atoms with van der Waals surface area (Å²) in [6, 6.07) is 0. The molecule has 0 spiro atoms. The summed E-state index contributed by atoms with van der Waals surface area (Å²) in [5.41, 5.74) is 0.0875. The van der Waals surface area contributed by atoms with Gasteiger partial charge in [-0.05, 0) is 27.7 Å². The highest BCUT2D eigenvalue weighted by atomic mass is 28.1. The molecule has 0 aromatic rings. The zero-order chi connectivity index (χ0) is 9.12. The molecule has 0 aliphatic heterocycles. The molecule has 0 heterocycles. The molecule has 11 heavy (non-hydrogen) atoms. The third-order valence-corrected chi connectivity index (χ3v) is 1.91. The molecule has 0 aliphatic carbocycles. The van der Waals surface area contributed by atoms with Crippen molar-refractivity contribution >= 4 is 10.2 Å². The van der Waals surface area contributed by atoms with E-state index < -0.39 is 0 Å². The summed E-state index contributed by atoms with van der Waals surface area (Å²) in [5.74, 6) is 6.31. The van der Waals surface area contributed by atoms with Gasteiger partial charge >= 0.3 is 0 Å². The molecule has 1 atom stereocenters. The summed E-state index contributed by atoms with van der Waals surface area (Å²) in [6.45, 7) is 8.34. The summed E-state index contributed by atoms with van der Waals surface area (Å²) in [7, 11) is 2.66. The summed E-state index contributed by atoms with van der Waals surface area (Å²) in [5, 5.41) is -0.173. The maximum atomic E-state index is 5.22. The molecule has 0 aromatic heterocycles. The Kier molecular flexibility index (Phi) is 3.34. The summed E-state index contributed by atoms with van der Waals surface area (Å²) >= 11 is 0. The van der Waals surface area contributed by atoms with Crippen molar-refractivity contribution < 1.29 is 4.74 Å². The smallest absolute Gasteiger partial charge is 0.102 e. The van der Waals surface area contributed by atoms with Crippen molar-refractivity contribution in [2.45, 2.75) is 32.9 Å². The van der Waals surface area contributed by atoms with E-state index in [2.05, 4.69) is 32.6 Å². The van der Waals surface area contributed by atoms with Crippen molar-refractivity contribution in [2.75, 3.05) is 7.11 Å². The fraction of sp³-hybridized carbons (Fsp3) is 0.778. The van der Waals surface area contributed by atoms with Gasteiger partial charge in [0.15, 0.2) is 0 Å². The molecular weight excluding hydrogens is 152 g/mol. The highest BCUT2D eigenvalue weighted by molar-refractivity contribution is 6.16. The van der Waals surface area contributed by atoms with Crippen LogP contribution in [0.25, 0.3) is 0 Å². The maximum Gasteiger partial charge on any atom is 0.102 e. The predicted molar refractivity (Wildman–Crippen MR) is 52.6 cm³/mol. The summed E-state index contributed by atoms with van der Waals surface area (Å²) in [4.78, 5) is 0. The fourth-order valence-corrected chi connectivity index (χ4v) is 0.514. The highest BCUT2D eigenvalue weighted by Gasteiger charge is 2.12. The molecule has 0 amide bonds. The van der Waals surface area contributed by atoms with E-state index in [1.807, 2.05) is 6.92 Å². The molecule has 64 valence electrons. The molecule has 0 radical (unpaired) electrons. The SMILES string of the molecule is COC(C)([SiH3])C#CC(C)(C)C. The lowest BCUT2D eigenvalue weighted by Gasteiger charge is -2.16. The minimum Gasteiger partial charge on any atom is -0.371 e. The van der Waals surface area contributed by atoms with Crippen molar-refractivity contribution in [2.24, 2.45) is 5.41 Å². The van der Waals surface area contributed by atoms with E-state index in [-0.39, 0.29) is 10.6 Å². The van der Waals surface area contributed by atoms with Crippen LogP contribution < -0.4 is 0 Å². The molecule has 0 bridgehead atoms. The summed E-state index contributed by atoms with van der Waals surface area (Å²) in [6.07, 6.45) is 0. The quantitative estimate of drug-likeness (QED) is 0.417. The Hall–Kier alpha value is -0.263. The Morgan fingerprint density at radius 1 is 1.09 bits per heavy atom. The normalized spacial score (nSPS) is 16.8. The van der Waals surface area contributed by atoms with Crippen LogP contribution >= 0.6 is 0 Å². The minimum absolute atomic E-state index is 0.0875. The standard InChI is InChI=1S/C9H18OSi/c1-8(2,3)6-7-9(4,11)10-5/h1-5,11H3. The van der Waals surface area contributed by atoms with E-state index in [4.69, 9.17) is 4.74 Å². The predicted octanol–water partition coefficient (Wildman–Crippen LogP) is 0.764. The van der Waals surface area contributed by atoms with Crippen LogP contribution in [0, 0.1) is 17.3 Å². The van der Waals surface area contributed by atoms with Crippen molar-refractivity contribution in [3.8, 4) is 11.8 Å². The van der Waals surface area contributed by atoms with Gasteiger partial charge in [0.25, 0.3) is 0 Å². The third kappa shape index (κ3) is 6.15. The van der Waals surface area contributed by atoms with Crippen molar-refractivity contribution in [3.05, 3.63) is 0 Å². The molecule has 0 fully saturated rings. The lowest BCUT2D eigenvalue weighted by molar-refractivity contribution is 0.127. The molecule has 0 aromatic carbocycles. The monoisotopic (exact) mass is 170 g/mol. The second-order valence-corrected chi connectivity index (χ2v) is 6.12. The highest BCUT2D eigenvalue weighted by Crippen LogP contribution is 2.11. The van der Waals surface area contributed by atoms with Crippen molar-refractivity contribution in [3.63, 3.8) is 0 Å². The number of rotatable bonds is 1. The van der Waals surface area contributed by atoms with Gasteiger partial charge in [0.05, 0.1) is 10.2 Å². The van der Waals surface area contributed by atoms with Gasteiger partial charge < -0.3 is 4.74 Å². The van der Waals surface area contributed by atoms with Gasteiger partial charge in [-0.25, -0.2) is 0 Å². The van der Waals surface area contributed by atoms with Crippen LogP contribution in [0.5, 0.6) is 0 Å². The molecule has 0 saturated carbocycles. The van der Waals surface area contributed by atoms with E-state index in [0.29, 0.717) is 0 Å². The van der Waals surface area contributed by atoms with Crippen LogP contribution in [0.15, 0.2) is 0 Å². The Bertz CT molecular complexity index is 178. The van der Waals surface area contributed by atoms with Gasteiger partial charge in [0.1, 0.15) is 5.22 Å². The van der Waals surface area contributed by atoms with E-state index in [0.717, 1.165) is 10.2 Å². The first-order valence-corrected chi connectivity index (χ1v) is 4.86. The molecule has 2 heteroatoms. The van der Waals surface area contributed by atoms with Crippen LogP contribution in [-0.2, 0) is 4.74 Å². The first-order valence-electron chi connectivity index (χ1n) is 3.86. The first kappa shape index (κ1) is 10.7. The first-order chi connectivity index (χ1) is 4.77. The average molecular weight is 170 g/mol. The molecule has 0 saturated heterocycles. The van der Waals surface area contributed by atoms with Crippen molar-refractivity contribution in [1.82, 2.24) is 0 Å². The number of methoxy groups -OCH3 is 1. The summed E-state index contributed by atoms with van der Waals surface area (Å²) < 4.78 is 5.22. The van der Waals surface area contributed by atoms with E-state index in [9.17, 15) is 0 Å². The van der Waals surface area contributed by atoms with Crippen LogP contribution in [0.3, 0.4) is 0 Å². The van der Waals surface area contributed by atoms with E-state index in [1.54, 1.807) is 7.11 Å². The second-order valence-electron chi connectivity index (χ2n) is 4.21. The molecule has 1 nitrogen and oxygen atoms in total. The maximum absolute atomic E-state index is 5.22. The molecular formula is C9H18OSi. The fourth-order valence-electron chi connectivity index (χ4n) is 0.389. The largest absolute Gasteiger partial charge is 0.371 e. The van der Waals surface area contributed by atoms with E-state index in [1.165, 1.54) is 0 Å². The van der Waals surface area contributed by atoms with Crippen LogP contribution in [0.1, 0.15) is 27.7 Å². The zero-order valence-electron chi connectivity index (χ0n) is 8.41. The Morgan fingerprint density at radius 2 is 1.55 bits per heavy atom. The third-order valence-electron chi connectivity index (χ3n) is 1.25. The Morgan fingerprint density at radius 3 is 1.82 bits per heavy atom. The van der Waals surface area contributed by atoms with Gasteiger partial charge in [-0.1, -0.05) is 11.8 Å². The number of ether oxygens (including phenoxy) is 1. The Balaban J connectivity index is 4.29. The van der Waals surface area contributed by atoms with Crippen LogP contribution in [-0.4, -0.2) is 22.6 Å². The lowest BCUT2D eigenvalue weighted by Crippen LogP contribution is -2.25. The van der Waals surface area contributed by atoms with Gasteiger partial charge in [-0.3, -0.25) is 0 Å². The average Bonchev–Trinajstić information content (AvgIpc) is 1.83. The number of hydrogen-bond donors (Lipinski definition) is 0. The zero-order valence-corrected chi connectivity index (χ0v) is 10.4. The van der Waals surface area contributed by atoms with Gasteiger partial charge in [-0.2, -0.15) is 0 Å². The van der Waals surface area contributed by atoms with Gasteiger partial charge in [0.2, 0.25) is 0 Å². The van der Waals surface area contributed by atoms with Crippen LogP contribution in [0.2, 0.25) is 0 Å². The Labute approximate surface area is 72.9 Å². The molecule has 0 aliphatic rings. The lowest BCUT2D eigenvalue weighted by atomic mass is 9.98. The number of hydrogen-bond acceptors (Lipinski definition) is 1. The van der Waals surface area contributed by atoms with E-state index >= 15 is 0 Å². The minimum atomic E-state index is -0.173. The van der Waals surface area contributed by atoms with Crippen LogP contribution in [0.4, 0.5) is 0 Å². The second kappa shape index (κ2) is 3.42. The molecule has 1 unspecified atom stereocenters. The van der Waals surface area contributed by atoms with Gasteiger partial charge in [0, 0.05) is 12.5 Å². The molecule has 0 rings (SSSR count). The van der Waals surface area contributed by atoms with Gasteiger partial charge in [-0.15, -0.1) is 0 Å². The van der Waals surface area contributed by atoms with Crippen molar-refractivity contribution in [1.29, 1.82) is 0 Å². The topological polar surface area (TPSA) is 9.23 Å².